The van der Waals surface area contributed by atoms with Crippen LogP contribution in [0, 0.1) is 5.89 Å². The number of phenols is 1. The van der Waals surface area contributed by atoms with Crippen LogP contribution >= 0.6 is 0 Å². The van der Waals surface area contributed by atoms with Gasteiger partial charge in [-0.25, -0.2) is 0 Å². The number of benzene rings is 1. The summed E-state index contributed by atoms with van der Waals surface area (Å²) in [5.74, 6) is -5.06. The van der Waals surface area contributed by atoms with Gasteiger partial charge in [0.1, 0.15) is 17.1 Å². The van der Waals surface area contributed by atoms with Crippen LogP contribution in [0.3, 0.4) is 0 Å². The van der Waals surface area contributed by atoms with Gasteiger partial charge >= 0.3 is 0 Å². The van der Waals surface area contributed by atoms with E-state index in [2.05, 4.69) is 6.92 Å². The van der Waals surface area contributed by atoms with Crippen LogP contribution < -0.4 is 4.74 Å². The Hall–Kier alpha value is -1.44. The third-order valence-corrected chi connectivity index (χ3v) is 4.36. The average molecular weight is 322 g/mol. The minimum atomic E-state index is -2.87. The van der Waals surface area contributed by atoms with E-state index in [1.54, 1.807) is 6.07 Å². The molecular formula is C21H30O2. The van der Waals surface area contributed by atoms with Crippen LogP contribution in [0.2, 0.25) is 0 Å². The number of hydrogen-bond acceptors (Lipinski definition) is 2. The van der Waals surface area contributed by atoms with E-state index in [1.807, 2.05) is 0 Å². The van der Waals surface area contributed by atoms with E-state index in [4.69, 9.17) is 11.6 Å². The number of allylic oxidation sites excluding steroid dienone is 2. The molecule has 1 heterocycles. The van der Waals surface area contributed by atoms with E-state index in [0.29, 0.717) is 6.42 Å². The molecule has 0 radical (unpaired) electrons. The molecule has 0 saturated heterocycles. The predicted molar refractivity (Wildman–Crippen MR) is 95.3 cm³/mol. The largest absolute Gasteiger partial charge is 0.507 e. The van der Waals surface area contributed by atoms with Gasteiger partial charge < -0.3 is 9.84 Å². The molecule has 0 aromatic heterocycles. The molecule has 0 spiro atoms. The molecule has 3 rings (SSSR count). The molecule has 1 aliphatic carbocycles. The summed E-state index contributed by atoms with van der Waals surface area (Å²) < 4.78 is 67.0. The van der Waals surface area contributed by atoms with Crippen molar-refractivity contribution in [2.45, 2.75) is 77.6 Å². The molecule has 126 valence electrons. The molecule has 0 bridgehead atoms. The monoisotopic (exact) mass is 321 g/mol. The van der Waals surface area contributed by atoms with Gasteiger partial charge in [0.05, 0.1) is 1.37 Å². The molecule has 0 saturated carbocycles. The van der Waals surface area contributed by atoms with Gasteiger partial charge in [0.15, 0.2) is 0 Å². The zero-order chi connectivity index (χ0) is 22.9. The topological polar surface area (TPSA) is 29.5 Å². The second-order valence-corrected chi connectivity index (χ2v) is 6.81. The van der Waals surface area contributed by atoms with E-state index < -0.39 is 36.2 Å². The molecule has 2 nitrogen and oxygen atoms in total. The maximum atomic E-state index is 10.9. The molecule has 1 N–H and O–H groups in total. The van der Waals surface area contributed by atoms with Gasteiger partial charge in [-0.3, -0.25) is 0 Å². The summed E-state index contributed by atoms with van der Waals surface area (Å²) in [7, 11) is 0. The molecule has 23 heavy (non-hydrogen) atoms. The summed E-state index contributed by atoms with van der Waals surface area (Å²) in [5, 5.41) is 10.9. The van der Waals surface area contributed by atoms with Crippen molar-refractivity contribution in [3.05, 3.63) is 34.9 Å². The lowest BCUT2D eigenvalue weighted by atomic mass is 9.68. The summed E-state index contributed by atoms with van der Waals surface area (Å²) in [6.45, 7) is 6.28. The zero-order valence-electron chi connectivity index (χ0n) is 21.3. The highest BCUT2D eigenvalue weighted by molar-refractivity contribution is 5.53. The fourth-order valence-electron chi connectivity index (χ4n) is 3.18. The van der Waals surface area contributed by atoms with Gasteiger partial charge in [-0.15, -0.1) is 0 Å². The Morgan fingerprint density at radius 2 is 2.22 bits per heavy atom. The van der Waals surface area contributed by atoms with Gasteiger partial charge in [-0.2, -0.15) is 0 Å². The number of aromatic hydroxyl groups is 1. The average Bonchev–Trinajstić information content (AvgIpc) is 2.63. The van der Waals surface area contributed by atoms with E-state index in [-0.39, 0.29) is 22.6 Å². The lowest BCUT2D eigenvalue weighted by Gasteiger charge is -2.46. The Morgan fingerprint density at radius 3 is 2.96 bits per heavy atom. The van der Waals surface area contributed by atoms with E-state index in [1.165, 1.54) is 26.8 Å². The van der Waals surface area contributed by atoms with Crippen LogP contribution in [0.5, 0.6) is 11.5 Å². The first kappa shape index (κ1) is 9.76. The first-order chi connectivity index (χ1) is 13.6. The molecule has 1 aliphatic heterocycles. The van der Waals surface area contributed by atoms with Crippen LogP contribution in [0.25, 0.3) is 0 Å². The molecule has 2 atom stereocenters. The molecular weight excluding hydrogens is 284 g/mol. The van der Waals surface area contributed by atoms with Crippen molar-refractivity contribution in [3.63, 3.8) is 0 Å². The second-order valence-electron chi connectivity index (χ2n) is 6.81. The summed E-state index contributed by atoms with van der Waals surface area (Å²) in [4.78, 5) is 0. The highest BCUT2D eigenvalue weighted by Crippen LogP contribution is 2.53. The Bertz CT molecular complexity index is 909. The first-order valence-electron chi connectivity index (χ1n) is 11.8. The highest BCUT2D eigenvalue weighted by Gasteiger charge is 2.45. The normalized spacial score (nSPS) is 40.8. The fourth-order valence-corrected chi connectivity index (χ4v) is 3.18. The summed E-state index contributed by atoms with van der Waals surface area (Å²) in [6.07, 6.45) is -1.84. The van der Waals surface area contributed by atoms with Crippen LogP contribution in [0.4, 0.5) is 0 Å². The zero-order valence-corrected chi connectivity index (χ0v) is 14.3. The minimum Gasteiger partial charge on any atom is -0.507 e. The van der Waals surface area contributed by atoms with E-state index in [0.717, 1.165) is 24.8 Å². The fraction of sp³-hybridized carbons (Fsp3) is 0.619. The van der Waals surface area contributed by atoms with Crippen molar-refractivity contribution in [2.24, 2.45) is 5.89 Å². The number of rotatable bonds is 4. The van der Waals surface area contributed by atoms with Crippen molar-refractivity contribution >= 4 is 0 Å². The second kappa shape index (κ2) is 6.22. The lowest BCUT2D eigenvalue weighted by Crippen LogP contribution is -2.45. The predicted octanol–water partition coefficient (Wildman–Crippen LogP) is 5.74. The van der Waals surface area contributed by atoms with Gasteiger partial charge in [-0.1, -0.05) is 31.4 Å². The number of fused-ring (bicyclic) bond motifs is 3. The Morgan fingerprint density at radius 1 is 1.43 bits per heavy atom. The van der Waals surface area contributed by atoms with Crippen molar-refractivity contribution < 1.29 is 19.4 Å². The third-order valence-electron chi connectivity index (χ3n) is 4.36. The quantitative estimate of drug-likeness (QED) is 0.566. The van der Waals surface area contributed by atoms with Gasteiger partial charge in [0.25, 0.3) is 0 Å². The smallest absolute Gasteiger partial charge is 0.127 e. The number of phenolic OH excluding ortho intramolecular Hbond substituents is 1. The van der Waals surface area contributed by atoms with Gasteiger partial charge in [0.2, 0.25) is 0 Å². The maximum Gasteiger partial charge on any atom is 0.127 e. The first-order valence-corrected chi connectivity index (χ1v) is 8.35. The van der Waals surface area contributed by atoms with Crippen molar-refractivity contribution in [2.75, 3.05) is 0 Å². The number of ether oxygens (including phenoxy) is 1. The highest BCUT2D eigenvalue weighted by atomic mass is 16.5. The third kappa shape index (κ3) is 3.13. The molecule has 2 aliphatic rings. The Labute approximate surface area is 150 Å². The summed E-state index contributed by atoms with van der Waals surface area (Å²) in [6, 6.07) is 2.68. The molecule has 0 amide bonds. The molecule has 0 fully saturated rings. The van der Waals surface area contributed by atoms with Gasteiger partial charge in [0, 0.05) is 25.6 Å². The van der Waals surface area contributed by atoms with Gasteiger partial charge in [-0.05, 0) is 64.1 Å². The molecule has 2 heteroatoms. The molecule has 0 unspecified atom stereocenters. The van der Waals surface area contributed by atoms with Crippen molar-refractivity contribution in [3.8, 4) is 11.5 Å². The molecule has 1 aromatic carbocycles. The lowest BCUT2D eigenvalue weighted by molar-refractivity contribution is 0.0107. The number of hydrogen-bond donors (Lipinski definition) is 1. The van der Waals surface area contributed by atoms with E-state index >= 15 is 0 Å². The van der Waals surface area contributed by atoms with E-state index in [9.17, 15) is 7.85 Å². The maximum absolute atomic E-state index is 10.9. The van der Waals surface area contributed by atoms with Crippen LogP contribution in [0.15, 0.2) is 23.8 Å². The van der Waals surface area contributed by atoms with Crippen molar-refractivity contribution in [1.29, 1.82) is 0 Å². The number of aryl methyl sites for hydroxylation is 1. The van der Waals surface area contributed by atoms with Crippen LogP contribution in [-0.4, -0.2) is 10.7 Å². The summed E-state index contributed by atoms with van der Waals surface area (Å²) in [5.41, 5.74) is -1.24. The SMILES string of the molecule is [2H]C1=C(C)C([2H])([2H])C([2H])([2H])[C@@]2([2H])C(C)(C)Oc3cc(CCCCC)cc(O)c3[C@]12[2H]. The standard InChI is InChI=1S/C21H30O2/c1-5-6-7-8-15-12-18(22)20-16-11-14(2)9-10-17(16)21(3,4)23-19(20)13-15/h11-13,16-17,22H,5-10H2,1-4H3/t16-,17-/m1/s1/i9D2,10D2,11D,16D,17D. The minimum absolute atomic E-state index is 0.139. The number of unbranched alkanes of at least 4 members (excludes halogenated alkanes) is 2. The Kier molecular flexibility index (Phi) is 2.64. The summed E-state index contributed by atoms with van der Waals surface area (Å²) >= 11 is 0. The van der Waals surface area contributed by atoms with Crippen molar-refractivity contribution in [1.82, 2.24) is 0 Å². The molecule has 1 aromatic rings. The van der Waals surface area contributed by atoms with Crippen LogP contribution in [0.1, 0.15) is 86.3 Å². The van der Waals surface area contributed by atoms with Crippen LogP contribution in [-0.2, 0) is 6.42 Å². The Balaban J connectivity index is 2.35.